The van der Waals surface area contributed by atoms with Crippen molar-refractivity contribution in [1.82, 2.24) is 24.7 Å². The van der Waals surface area contributed by atoms with Gasteiger partial charge >= 0.3 is 6.18 Å². The lowest BCUT2D eigenvalue weighted by Crippen LogP contribution is -2.19. The first kappa shape index (κ1) is 18.7. The molecule has 3 aromatic heterocycles. The number of nitrogens with one attached hydrogen (secondary N) is 1. The molecule has 1 atom stereocenters. The van der Waals surface area contributed by atoms with Gasteiger partial charge in [0.05, 0.1) is 29.3 Å². The summed E-state index contributed by atoms with van der Waals surface area (Å²) >= 11 is 0. The van der Waals surface area contributed by atoms with E-state index in [-0.39, 0.29) is 11.6 Å². The number of H-pyrrole nitrogens is 1. The van der Waals surface area contributed by atoms with Gasteiger partial charge in [-0.2, -0.15) is 18.3 Å². The average Bonchev–Trinajstić information content (AvgIpc) is 3.32. The monoisotopic (exact) mass is 413 g/mol. The van der Waals surface area contributed by atoms with E-state index in [0.29, 0.717) is 16.9 Å². The molecule has 1 aromatic carbocycles. The SMILES string of the molecule is Cc1cc(C(F)(F)F)cc(O)c1-c1ccc2cn(C3CCc4[nH]cnc4C3)nc2n1. The first-order chi connectivity index (χ1) is 14.3. The second-order valence-corrected chi connectivity index (χ2v) is 7.63. The van der Waals surface area contributed by atoms with Crippen molar-refractivity contribution >= 4 is 11.0 Å². The minimum Gasteiger partial charge on any atom is -0.507 e. The zero-order valence-corrected chi connectivity index (χ0v) is 16.0. The lowest BCUT2D eigenvalue weighted by molar-refractivity contribution is -0.137. The molecule has 2 N–H and O–H groups in total. The minimum atomic E-state index is -4.52. The number of nitrogens with zero attached hydrogens (tertiary/aromatic N) is 4. The molecule has 0 spiro atoms. The van der Waals surface area contributed by atoms with Gasteiger partial charge in [0.15, 0.2) is 5.65 Å². The third kappa shape index (κ3) is 3.10. The maximum atomic E-state index is 13.0. The van der Waals surface area contributed by atoms with Crippen LogP contribution in [0.4, 0.5) is 13.2 Å². The van der Waals surface area contributed by atoms with Crippen molar-refractivity contribution in [2.75, 3.05) is 0 Å². The maximum absolute atomic E-state index is 13.0. The number of alkyl halides is 3. The number of hydrogen-bond donors (Lipinski definition) is 2. The molecular formula is C21H18F3N5O. The Hall–Kier alpha value is -3.36. The fourth-order valence-electron chi connectivity index (χ4n) is 4.12. The average molecular weight is 413 g/mol. The normalized spacial score (nSPS) is 16.7. The molecule has 0 bridgehead atoms. The summed E-state index contributed by atoms with van der Waals surface area (Å²) in [7, 11) is 0. The van der Waals surface area contributed by atoms with Crippen LogP contribution >= 0.6 is 0 Å². The minimum absolute atomic E-state index is 0.166. The third-order valence-corrected chi connectivity index (χ3v) is 5.62. The smallest absolute Gasteiger partial charge is 0.416 e. The molecule has 1 aliphatic carbocycles. The molecule has 4 aromatic rings. The first-order valence-electron chi connectivity index (χ1n) is 9.58. The second-order valence-electron chi connectivity index (χ2n) is 7.63. The Balaban J connectivity index is 1.51. The van der Waals surface area contributed by atoms with E-state index in [1.54, 1.807) is 12.4 Å². The van der Waals surface area contributed by atoms with Crippen molar-refractivity contribution in [3.8, 4) is 17.0 Å². The highest BCUT2D eigenvalue weighted by Crippen LogP contribution is 2.39. The van der Waals surface area contributed by atoms with E-state index in [1.165, 1.54) is 6.92 Å². The van der Waals surface area contributed by atoms with E-state index in [0.717, 1.165) is 48.2 Å². The summed E-state index contributed by atoms with van der Waals surface area (Å²) < 4.78 is 40.9. The largest absolute Gasteiger partial charge is 0.507 e. The summed E-state index contributed by atoms with van der Waals surface area (Å²) in [6.45, 7) is 1.53. The van der Waals surface area contributed by atoms with Crippen LogP contribution in [0.2, 0.25) is 0 Å². The summed E-state index contributed by atoms with van der Waals surface area (Å²) in [5.74, 6) is -0.452. The Morgan fingerprint density at radius 2 is 2.07 bits per heavy atom. The van der Waals surface area contributed by atoms with E-state index >= 15 is 0 Å². The number of hydrogen-bond acceptors (Lipinski definition) is 4. The number of halogens is 3. The van der Waals surface area contributed by atoms with Gasteiger partial charge in [-0.3, -0.25) is 4.68 Å². The number of aryl methyl sites for hydroxylation is 2. The number of imidazole rings is 1. The van der Waals surface area contributed by atoms with E-state index in [9.17, 15) is 18.3 Å². The molecule has 0 amide bonds. The molecule has 1 unspecified atom stereocenters. The number of pyridine rings is 1. The predicted octanol–water partition coefficient (Wildman–Crippen LogP) is 4.58. The van der Waals surface area contributed by atoms with Crippen molar-refractivity contribution in [2.45, 2.75) is 38.4 Å². The Morgan fingerprint density at radius 3 is 2.83 bits per heavy atom. The standard InChI is InChI=1S/C21H18F3N5O/c1-11-6-13(21(22,23)24)7-18(30)19(11)16-4-2-12-9-29(28-20(12)27-16)14-3-5-15-17(8-14)26-10-25-15/h2,4,6-7,9-10,14,30H,3,5,8H2,1H3,(H,25,26). The van der Waals surface area contributed by atoms with Gasteiger partial charge < -0.3 is 10.1 Å². The van der Waals surface area contributed by atoms with E-state index in [2.05, 4.69) is 20.1 Å². The van der Waals surface area contributed by atoms with Crippen LogP contribution in [0.25, 0.3) is 22.3 Å². The van der Waals surface area contributed by atoms with Gasteiger partial charge in [0, 0.05) is 29.3 Å². The number of rotatable bonds is 2. The van der Waals surface area contributed by atoms with Crippen molar-refractivity contribution in [1.29, 1.82) is 0 Å². The number of fused-ring (bicyclic) bond motifs is 2. The van der Waals surface area contributed by atoms with Crippen LogP contribution in [0.5, 0.6) is 5.75 Å². The Labute approximate surface area is 169 Å². The van der Waals surface area contributed by atoms with Gasteiger partial charge in [0.2, 0.25) is 0 Å². The first-order valence-corrected chi connectivity index (χ1v) is 9.58. The van der Waals surface area contributed by atoms with Gasteiger partial charge in [0.25, 0.3) is 0 Å². The number of benzene rings is 1. The molecule has 9 heteroatoms. The number of aromatic amines is 1. The number of aromatic nitrogens is 5. The van der Waals surface area contributed by atoms with Crippen molar-refractivity contribution in [2.24, 2.45) is 0 Å². The lowest BCUT2D eigenvalue weighted by atomic mass is 9.96. The van der Waals surface area contributed by atoms with Crippen LogP contribution < -0.4 is 0 Å². The highest BCUT2D eigenvalue weighted by molar-refractivity contribution is 5.80. The number of aromatic hydroxyl groups is 1. The zero-order chi connectivity index (χ0) is 21.0. The zero-order valence-electron chi connectivity index (χ0n) is 16.0. The molecule has 3 heterocycles. The van der Waals surface area contributed by atoms with Crippen LogP contribution in [-0.4, -0.2) is 29.8 Å². The van der Waals surface area contributed by atoms with Crippen LogP contribution in [0.3, 0.4) is 0 Å². The number of phenolic OH excluding ortho intramolecular Hbond substituents is 1. The van der Waals surface area contributed by atoms with Crippen LogP contribution in [-0.2, 0) is 19.0 Å². The van der Waals surface area contributed by atoms with Crippen molar-refractivity contribution < 1.29 is 18.3 Å². The molecule has 154 valence electrons. The predicted molar refractivity (Wildman–Crippen MR) is 104 cm³/mol. The van der Waals surface area contributed by atoms with Crippen LogP contribution in [0, 0.1) is 6.92 Å². The quantitative estimate of drug-likeness (QED) is 0.504. The van der Waals surface area contributed by atoms with Crippen LogP contribution in [0.1, 0.15) is 35.0 Å². The summed E-state index contributed by atoms with van der Waals surface area (Å²) in [5, 5.41) is 15.7. The molecule has 1 aliphatic rings. The maximum Gasteiger partial charge on any atom is 0.416 e. The fourth-order valence-corrected chi connectivity index (χ4v) is 4.12. The third-order valence-electron chi connectivity index (χ3n) is 5.62. The summed E-state index contributed by atoms with van der Waals surface area (Å²) in [6, 6.07) is 5.43. The number of phenols is 1. The highest BCUT2D eigenvalue weighted by atomic mass is 19.4. The molecule has 5 rings (SSSR count). The molecule has 0 saturated carbocycles. The second kappa shape index (κ2) is 6.58. The van der Waals surface area contributed by atoms with Gasteiger partial charge in [-0.15, -0.1) is 0 Å². The van der Waals surface area contributed by atoms with Crippen molar-refractivity contribution in [3.63, 3.8) is 0 Å². The Bertz CT molecular complexity index is 1230. The summed E-state index contributed by atoms with van der Waals surface area (Å²) in [5.41, 5.74) is 2.77. The molecule has 6 nitrogen and oxygen atoms in total. The molecule has 0 radical (unpaired) electrons. The van der Waals surface area contributed by atoms with Crippen LogP contribution in [0.15, 0.2) is 36.8 Å². The lowest BCUT2D eigenvalue weighted by Gasteiger charge is -2.21. The molecule has 0 fully saturated rings. The molecule has 0 aliphatic heterocycles. The fraction of sp³-hybridized carbons (Fsp3) is 0.286. The van der Waals surface area contributed by atoms with E-state index in [1.807, 2.05) is 16.9 Å². The van der Waals surface area contributed by atoms with E-state index in [4.69, 9.17) is 0 Å². The molecule has 30 heavy (non-hydrogen) atoms. The molecular weight excluding hydrogens is 395 g/mol. The Kier molecular flexibility index (Phi) is 4.09. The highest BCUT2D eigenvalue weighted by Gasteiger charge is 2.32. The molecule has 0 saturated heterocycles. The van der Waals surface area contributed by atoms with Gasteiger partial charge in [-0.05, 0) is 49.6 Å². The topological polar surface area (TPSA) is 79.6 Å². The summed E-state index contributed by atoms with van der Waals surface area (Å²) in [4.78, 5) is 12.0. The van der Waals surface area contributed by atoms with Gasteiger partial charge in [-0.25, -0.2) is 9.97 Å². The Morgan fingerprint density at radius 1 is 1.23 bits per heavy atom. The summed E-state index contributed by atoms with van der Waals surface area (Å²) in [6.07, 6.45) is 1.71. The van der Waals surface area contributed by atoms with Gasteiger partial charge in [0.1, 0.15) is 5.75 Å². The van der Waals surface area contributed by atoms with Gasteiger partial charge in [-0.1, -0.05) is 0 Å². The van der Waals surface area contributed by atoms with E-state index < -0.39 is 17.5 Å². The van der Waals surface area contributed by atoms with Crippen molar-refractivity contribution in [3.05, 3.63) is 59.3 Å².